The van der Waals surface area contributed by atoms with Gasteiger partial charge >= 0.3 is 0 Å². The lowest BCUT2D eigenvalue weighted by molar-refractivity contribution is -0.123. The number of nitrogens with zero attached hydrogens (tertiary/aromatic N) is 2. The third kappa shape index (κ3) is 7.67. The maximum absolute atomic E-state index is 13.4. The maximum Gasteiger partial charge on any atom is 0.294 e. The highest BCUT2D eigenvalue weighted by Gasteiger charge is 2.22. The summed E-state index contributed by atoms with van der Waals surface area (Å²) in [6.45, 7) is 9.12. The van der Waals surface area contributed by atoms with E-state index in [1.54, 1.807) is 63.2 Å². The van der Waals surface area contributed by atoms with Crippen LogP contribution >= 0.6 is 0 Å². The van der Waals surface area contributed by atoms with Gasteiger partial charge in [-0.3, -0.25) is 24.4 Å². The molecule has 0 aliphatic carbocycles. The Balaban J connectivity index is 1.93. The maximum atomic E-state index is 13.4. The first kappa shape index (κ1) is 28.9. The van der Waals surface area contributed by atoms with E-state index >= 15 is 0 Å². The molecular weight excluding hydrogens is 496 g/mol. The van der Waals surface area contributed by atoms with Crippen molar-refractivity contribution < 1.29 is 9.59 Å². The molecule has 0 saturated carbocycles. The number of anilines is 3. The second-order valence-corrected chi connectivity index (χ2v) is 10.6. The number of amides is 2. The van der Waals surface area contributed by atoms with Crippen LogP contribution in [0.2, 0.25) is 0 Å². The largest absolute Gasteiger partial charge is 0.399 e. The Hall–Kier alpha value is -4.67. The summed E-state index contributed by atoms with van der Waals surface area (Å²) < 4.78 is 1.33. The van der Waals surface area contributed by atoms with Gasteiger partial charge < -0.3 is 27.4 Å². The molecule has 11 heteroatoms. The molecule has 1 heterocycles. The van der Waals surface area contributed by atoms with Gasteiger partial charge in [0, 0.05) is 40.5 Å². The zero-order chi connectivity index (χ0) is 28.9. The van der Waals surface area contributed by atoms with Crippen LogP contribution in [0.4, 0.5) is 17.2 Å². The lowest BCUT2D eigenvalue weighted by Gasteiger charge is -2.19. The number of hydrogen-bond donors (Lipinski definition) is 6. The Morgan fingerprint density at radius 3 is 2.36 bits per heavy atom. The van der Waals surface area contributed by atoms with Crippen molar-refractivity contribution in [3.63, 3.8) is 0 Å². The quantitative estimate of drug-likeness (QED) is 0.139. The first-order valence-corrected chi connectivity index (χ1v) is 12.5. The summed E-state index contributed by atoms with van der Waals surface area (Å²) in [6, 6.07) is 11.9. The molecule has 0 fully saturated rings. The van der Waals surface area contributed by atoms with Gasteiger partial charge in [-0.05, 0) is 37.6 Å². The SMILES string of the molecule is CC(C)Nc1ncc(-c2cc(N)cc(NC(=O)C(C)(C)C)c2)n(CC(=O)NCc2ccc(C(=N)N)cc2)c1=O. The number of rotatable bonds is 9. The number of aromatic nitrogens is 2. The van der Waals surface area contributed by atoms with E-state index in [1.807, 2.05) is 13.8 Å². The zero-order valence-electron chi connectivity index (χ0n) is 22.9. The number of carbonyl (C=O) groups is 2. The van der Waals surface area contributed by atoms with E-state index in [9.17, 15) is 14.4 Å². The molecule has 0 bridgehead atoms. The second-order valence-electron chi connectivity index (χ2n) is 10.6. The van der Waals surface area contributed by atoms with Crippen molar-refractivity contribution in [1.29, 1.82) is 5.41 Å². The second kappa shape index (κ2) is 11.8. The lowest BCUT2D eigenvalue weighted by Crippen LogP contribution is -2.35. The Bertz CT molecular complexity index is 1440. The van der Waals surface area contributed by atoms with E-state index in [0.717, 1.165) is 5.56 Å². The molecule has 0 aliphatic rings. The average Bonchev–Trinajstić information content (AvgIpc) is 2.84. The van der Waals surface area contributed by atoms with Gasteiger partial charge in [0.05, 0.1) is 11.9 Å². The fourth-order valence-electron chi connectivity index (χ4n) is 3.64. The summed E-state index contributed by atoms with van der Waals surface area (Å²) in [4.78, 5) is 43.2. The molecule has 0 unspecified atom stereocenters. The molecule has 3 rings (SSSR count). The highest BCUT2D eigenvalue weighted by molar-refractivity contribution is 5.96. The van der Waals surface area contributed by atoms with Crippen LogP contribution in [0.15, 0.2) is 53.5 Å². The van der Waals surface area contributed by atoms with Crippen LogP contribution in [-0.4, -0.2) is 33.2 Å². The molecule has 2 amide bonds. The monoisotopic (exact) mass is 532 g/mol. The van der Waals surface area contributed by atoms with E-state index in [2.05, 4.69) is 20.9 Å². The number of amidine groups is 1. The Morgan fingerprint density at radius 1 is 1.10 bits per heavy atom. The number of benzene rings is 2. The van der Waals surface area contributed by atoms with E-state index in [-0.39, 0.29) is 42.6 Å². The zero-order valence-corrected chi connectivity index (χ0v) is 22.9. The third-order valence-electron chi connectivity index (χ3n) is 5.73. The van der Waals surface area contributed by atoms with Crippen molar-refractivity contribution in [2.24, 2.45) is 11.1 Å². The molecule has 0 saturated heterocycles. The van der Waals surface area contributed by atoms with Crippen LogP contribution in [0.1, 0.15) is 45.7 Å². The average molecular weight is 533 g/mol. The van der Waals surface area contributed by atoms with Gasteiger partial charge in [-0.15, -0.1) is 0 Å². The van der Waals surface area contributed by atoms with Crippen molar-refractivity contribution in [3.05, 3.63) is 70.1 Å². The van der Waals surface area contributed by atoms with Gasteiger partial charge in [0.2, 0.25) is 11.8 Å². The molecular formula is C28H36N8O3. The highest BCUT2D eigenvalue weighted by atomic mass is 16.2. The van der Waals surface area contributed by atoms with Crippen LogP contribution in [-0.2, 0) is 22.7 Å². The minimum absolute atomic E-state index is 0.0383. The summed E-state index contributed by atoms with van der Waals surface area (Å²) in [5.74, 6) is -0.502. The first-order chi connectivity index (χ1) is 18.2. The molecule has 1 aromatic heterocycles. The Morgan fingerprint density at radius 2 is 1.77 bits per heavy atom. The van der Waals surface area contributed by atoms with Crippen LogP contribution in [0.5, 0.6) is 0 Å². The smallest absolute Gasteiger partial charge is 0.294 e. The normalized spacial score (nSPS) is 11.2. The van der Waals surface area contributed by atoms with Crippen molar-refractivity contribution in [3.8, 4) is 11.3 Å². The van der Waals surface area contributed by atoms with Gasteiger partial charge in [-0.2, -0.15) is 0 Å². The summed E-state index contributed by atoms with van der Waals surface area (Å²) in [5, 5.41) is 16.2. The molecule has 206 valence electrons. The van der Waals surface area contributed by atoms with Gasteiger partial charge in [0.25, 0.3) is 5.56 Å². The molecule has 0 aliphatic heterocycles. The molecule has 2 aromatic carbocycles. The molecule has 0 radical (unpaired) electrons. The number of nitrogens with two attached hydrogens (primary N) is 2. The summed E-state index contributed by atoms with van der Waals surface area (Å²) in [7, 11) is 0. The fraction of sp³-hybridized carbons (Fsp3) is 0.321. The minimum Gasteiger partial charge on any atom is -0.399 e. The van der Waals surface area contributed by atoms with E-state index in [0.29, 0.717) is 28.2 Å². The van der Waals surface area contributed by atoms with Crippen molar-refractivity contribution in [2.45, 2.75) is 53.8 Å². The van der Waals surface area contributed by atoms with Crippen LogP contribution in [0.3, 0.4) is 0 Å². The standard InChI is InChI=1S/C28H36N8O3/c1-16(2)34-25-26(38)36(15-23(37)32-13-17-6-8-18(9-7-17)24(30)31)22(14-33-25)19-10-20(29)12-21(11-19)35-27(39)28(3,4)5/h6-12,14,16H,13,15,29H2,1-5H3,(H3,30,31)(H,32,37)(H,33,34)(H,35,39). The molecule has 39 heavy (non-hydrogen) atoms. The molecule has 8 N–H and O–H groups in total. The lowest BCUT2D eigenvalue weighted by atomic mass is 9.95. The van der Waals surface area contributed by atoms with E-state index in [1.165, 1.54) is 10.8 Å². The van der Waals surface area contributed by atoms with Crippen LogP contribution in [0, 0.1) is 10.8 Å². The fourth-order valence-corrected chi connectivity index (χ4v) is 3.64. The predicted molar refractivity (Wildman–Crippen MR) is 154 cm³/mol. The third-order valence-corrected chi connectivity index (χ3v) is 5.73. The Kier molecular flexibility index (Phi) is 8.74. The highest BCUT2D eigenvalue weighted by Crippen LogP contribution is 2.27. The predicted octanol–water partition coefficient (Wildman–Crippen LogP) is 2.90. The first-order valence-electron chi connectivity index (χ1n) is 12.5. The van der Waals surface area contributed by atoms with Crippen molar-refractivity contribution >= 4 is 34.8 Å². The molecule has 0 spiro atoms. The van der Waals surface area contributed by atoms with Gasteiger partial charge in [0.15, 0.2) is 5.82 Å². The summed E-state index contributed by atoms with van der Waals surface area (Å²) in [6.07, 6.45) is 1.50. The molecule has 0 atom stereocenters. The number of carbonyl (C=O) groups excluding carboxylic acids is 2. The number of hydrogen-bond acceptors (Lipinski definition) is 7. The summed E-state index contributed by atoms with van der Waals surface area (Å²) in [5.41, 5.74) is 13.7. The van der Waals surface area contributed by atoms with Crippen molar-refractivity contribution in [1.82, 2.24) is 14.9 Å². The van der Waals surface area contributed by atoms with Gasteiger partial charge in [-0.1, -0.05) is 45.0 Å². The molecule has 3 aromatic rings. The van der Waals surface area contributed by atoms with Crippen LogP contribution in [0.25, 0.3) is 11.3 Å². The van der Waals surface area contributed by atoms with Gasteiger partial charge in [-0.25, -0.2) is 4.98 Å². The van der Waals surface area contributed by atoms with E-state index < -0.39 is 11.0 Å². The number of nitrogen functional groups attached to an aromatic ring is 2. The molecule has 11 nitrogen and oxygen atoms in total. The van der Waals surface area contributed by atoms with Gasteiger partial charge in [0.1, 0.15) is 12.4 Å². The minimum atomic E-state index is -0.622. The van der Waals surface area contributed by atoms with Crippen molar-refractivity contribution in [2.75, 3.05) is 16.4 Å². The Labute approximate surface area is 227 Å². The summed E-state index contributed by atoms with van der Waals surface area (Å²) >= 11 is 0. The topological polar surface area (TPSA) is 181 Å². The van der Waals surface area contributed by atoms with Crippen LogP contribution < -0.4 is 33.0 Å². The van der Waals surface area contributed by atoms with E-state index in [4.69, 9.17) is 16.9 Å². The number of nitrogens with one attached hydrogen (secondary N) is 4.